The van der Waals surface area contributed by atoms with Crippen LogP contribution < -0.4 is 5.32 Å². The molecule has 1 saturated heterocycles. The Kier molecular flexibility index (Phi) is 5.11. The fourth-order valence-corrected chi connectivity index (χ4v) is 6.46. The van der Waals surface area contributed by atoms with Crippen LogP contribution in [0.3, 0.4) is 0 Å². The van der Waals surface area contributed by atoms with Gasteiger partial charge in [-0.2, -0.15) is 4.31 Å². The fourth-order valence-electron chi connectivity index (χ4n) is 4.70. The topological polar surface area (TPSA) is 88.6 Å². The van der Waals surface area contributed by atoms with Crippen LogP contribution in [0.15, 0.2) is 41.6 Å². The Hall–Kier alpha value is -2.03. The maximum absolute atomic E-state index is 13.4. The van der Waals surface area contributed by atoms with Crippen molar-refractivity contribution in [2.24, 2.45) is 11.8 Å². The third-order valence-corrected chi connectivity index (χ3v) is 7.92. The Morgan fingerprint density at radius 1 is 1.21 bits per heavy atom. The van der Waals surface area contributed by atoms with E-state index < -0.39 is 10.0 Å². The number of rotatable bonds is 4. The highest BCUT2D eigenvalue weighted by Crippen LogP contribution is 2.40. The highest BCUT2D eigenvalue weighted by Gasteiger charge is 2.46. The summed E-state index contributed by atoms with van der Waals surface area (Å²) in [7, 11) is -1.96. The van der Waals surface area contributed by atoms with Crippen LogP contribution >= 0.6 is 0 Å². The molecule has 28 heavy (non-hydrogen) atoms. The smallest absolute Gasteiger partial charge is 0.243 e. The van der Waals surface area contributed by atoms with Crippen LogP contribution in [0.5, 0.6) is 0 Å². The van der Waals surface area contributed by atoms with Gasteiger partial charge in [0.2, 0.25) is 15.9 Å². The minimum absolute atomic E-state index is 0.0740. The van der Waals surface area contributed by atoms with E-state index in [2.05, 4.69) is 10.3 Å². The summed E-state index contributed by atoms with van der Waals surface area (Å²) >= 11 is 0. The number of hydrogen-bond acceptors (Lipinski definition) is 5. The predicted molar refractivity (Wildman–Crippen MR) is 105 cm³/mol. The average Bonchev–Trinajstić information content (AvgIpc) is 3.10. The van der Waals surface area contributed by atoms with E-state index in [1.165, 1.54) is 6.92 Å². The number of fused-ring (bicyclic) bond motifs is 2. The summed E-state index contributed by atoms with van der Waals surface area (Å²) in [6.07, 6.45) is 4.69. The lowest BCUT2D eigenvalue weighted by Gasteiger charge is -2.37. The van der Waals surface area contributed by atoms with Crippen LogP contribution in [-0.4, -0.2) is 56.0 Å². The van der Waals surface area contributed by atoms with Gasteiger partial charge in [0, 0.05) is 50.3 Å². The molecule has 1 amide bonds. The van der Waals surface area contributed by atoms with E-state index in [9.17, 15) is 13.2 Å². The van der Waals surface area contributed by atoms with E-state index in [4.69, 9.17) is 4.74 Å². The van der Waals surface area contributed by atoms with Crippen molar-refractivity contribution in [2.45, 2.75) is 36.8 Å². The van der Waals surface area contributed by atoms with Crippen molar-refractivity contribution in [3.63, 3.8) is 0 Å². The number of ether oxygens (including phenoxy) is 1. The molecule has 1 saturated carbocycles. The Morgan fingerprint density at radius 3 is 2.68 bits per heavy atom. The number of pyridine rings is 1. The first kappa shape index (κ1) is 19.3. The molecule has 1 aliphatic carbocycles. The average molecular weight is 404 g/mol. The summed E-state index contributed by atoms with van der Waals surface area (Å²) in [5.74, 6) is 0.369. The number of carbonyl (C=O) groups is 1. The van der Waals surface area contributed by atoms with Gasteiger partial charge >= 0.3 is 0 Å². The molecule has 0 radical (unpaired) electrons. The molecule has 2 aromatic rings. The molecule has 1 N–H and O–H groups in total. The summed E-state index contributed by atoms with van der Waals surface area (Å²) in [5, 5.41) is 4.47. The molecule has 1 aromatic carbocycles. The van der Waals surface area contributed by atoms with Gasteiger partial charge in [-0.3, -0.25) is 9.78 Å². The van der Waals surface area contributed by atoms with Crippen LogP contribution in [0.25, 0.3) is 10.8 Å². The number of nitrogens with one attached hydrogen (secondary N) is 1. The Labute approximate surface area is 165 Å². The number of aromatic nitrogens is 1. The number of carbonyl (C=O) groups excluding carboxylic acids is 1. The van der Waals surface area contributed by atoms with E-state index in [1.54, 1.807) is 42.0 Å². The van der Waals surface area contributed by atoms with Gasteiger partial charge in [0.1, 0.15) is 0 Å². The van der Waals surface area contributed by atoms with Gasteiger partial charge < -0.3 is 10.1 Å². The van der Waals surface area contributed by atoms with Crippen LogP contribution in [0.1, 0.15) is 19.8 Å². The van der Waals surface area contributed by atoms with Gasteiger partial charge in [0.05, 0.1) is 17.0 Å². The molecule has 0 bridgehead atoms. The zero-order valence-electron chi connectivity index (χ0n) is 16.0. The second-order valence-corrected chi connectivity index (χ2v) is 9.65. The lowest BCUT2D eigenvalue weighted by molar-refractivity contribution is -0.121. The van der Waals surface area contributed by atoms with Crippen molar-refractivity contribution in [2.75, 3.05) is 20.2 Å². The zero-order valence-corrected chi connectivity index (χ0v) is 16.9. The second-order valence-electron chi connectivity index (χ2n) is 7.75. The van der Waals surface area contributed by atoms with Crippen LogP contribution in [-0.2, 0) is 19.6 Å². The maximum Gasteiger partial charge on any atom is 0.243 e. The molecule has 4 rings (SSSR count). The van der Waals surface area contributed by atoms with E-state index >= 15 is 0 Å². The van der Waals surface area contributed by atoms with Crippen LogP contribution in [0, 0.1) is 11.8 Å². The van der Waals surface area contributed by atoms with Gasteiger partial charge in [0.25, 0.3) is 0 Å². The quantitative estimate of drug-likeness (QED) is 0.841. The molecule has 0 spiro atoms. The summed E-state index contributed by atoms with van der Waals surface area (Å²) in [6, 6.07) is 6.96. The number of methoxy groups -OCH3 is 1. The molecule has 150 valence electrons. The van der Waals surface area contributed by atoms with Gasteiger partial charge in [-0.1, -0.05) is 12.1 Å². The molecule has 7 nitrogen and oxygen atoms in total. The summed E-state index contributed by atoms with van der Waals surface area (Å²) < 4.78 is 34.0. The Balaban J connectivity index is 1.60. The molecule has 2 aliphatic rings. The number of benzene rings is 1. The van der Waals surface area contributed by atoms with Crippen molar-refractivity contribution in [3.05, 3.63) is 36.7 Å². The van der Waals surface area contributed by atoms with Gasteiger partial charge in [0.15, 0.2) is 0 Å². The number of sulfonamides is 1. The highest BCUT2D eigenvalue weighted by atomic mass is 32.2. The third kappa shape index (κ3) is 3.40. The summed E-state index contributed by atoms with van der Waals surface area (Å²) in [5.41, 5.74) is 0. The van der Waals surface area contributed by atoms with Gasteiger partial charge in [-0.05, 0) is 36.8 Å². The molecule has 1 aliphatic heterocycles. The zero-order chi connectivity index (χ0) is 19.9. The normalized spacial score (nSPS) is 28.2. The first-order valence-corrected chi connectivity index (χ1v) is 11.0. The van der Waals surface area contributed by atoms with Crippen molar-refractivity contribution in [1.29, 1.82) is 0 Å². The fraction of sp³-hybridized carbons (Fsp3) is 0.500. The van der Waals surface area contributed by atoms with E-state index in [0.29, 0.717) is 23.4 Å². The highest BCUT2D eigenvalue weighted by molar-refractivity contribution is 7.89. The molecular weight excluding hydrogens is 378 g/mol. The maximum atomic E-state index is 13.4. The standard InChI is InChI=1S/C20H25N3O4S/c1-13(24)22-18-8-15-11-23(12-16(15)9-19(18)27-2)28(25,26)20-5-3-4-14-10-21-7-6-17(14)20/h3-7,10,15-16,18-19H,8-9,11-12H2,1-2H3,(H,22,24)/t15-,16+,18-,19-/m1/s1. The Morgan fingerprint density at radius 2 is 1.96 bits per heavy atom. The first-order chi connectivity index (χ1) is 13.4. The molecular formula is C20H25N3O4S. The molecule has 8 heteroatoms. The van der Waals surface area contributed by atoms with Gasteiger partial charge in [-0.25, -0.2) is 8.42 Å². The predicted octanol–water partition coefficient (Wildman–Crippen LogP) is 1.79. The monoisotopic (exact) mass is 403 g/mol. The van der Waals surface area contributed by atoms with E-state index in [-0.39, 0.29) is 29.9 Å². The van der Waals surface area contributed by atoms with Crippen LogP contribution in [0.4, 0.5) is 0 Å². The van der Waals surface area contributed by atoms with Crippen molar-refractivity contribution in [1.82, 2.24) is 14.6 Å². The van der Waals surface area contributed by atoms with Crippen molar-refractivity contribution >= 4 is 26.7 Å². The summed E-state index contributed by atoms with van der Waals surface area (Å²) in [6.45, 7) is 2.46. The van der Waals surface area contributed by atoms with E-state index in [0.717, 1.165) is 18.2 Å². The second kappa shape index (κ2) is 7.42. The lowest BCUT2D eigenvalue weighted by Crippen LogP contribution is -2.49. The molecule has 2 fully saturated rings. The van der Waals surface area contributed by atoms with Crippen molar-refractivity contribution < 1.29 is 17.9 Å². The number of hydrogen-bond donors (Lipinski definition) is 1. The lowest BCUT2D eigenvalue weighted by atomic mass is 9.77. The van der Waals surface area contributed by atoms with Crippen molar-refractivity contribution in [3.8, 4) is 0 Å². The Bertz CT molecular complexity index is 989. The van der Waals surface area contributed by atoms with Crippen LogP contribution in [0.2, 0.25) is 0 Å². The molecule has 1 aromatic heterocycles. The summed E-state index contributed by atoms with van der Waals surface area (Å²) in [4.78, 5) is 15.9. The SMILES string of the molecule is CO[C@@H]1C[C@H]2CN(S(=O)(=O)c3cccc4cnccc34)C[C@H]2C[C@H]1NC(C)=O. The molecule has 2 heterocycles. The largest absolute Gasteiger partial charge is 0.379 e. The van der Waals surface area contributed by atoms with Gasteiger partial charge in [-0.15, -0.1) is 0 Å². The third-order valence-electron chi connectivity index (χ3n) is 6.03. The minimum atomic E-state index is -3.61. The minimum Gasteiger partial charge on any atom is -0.379 e. The molecule has 4 atom stereocenters. The van der Waals surface area contributed by atoms with E-state index in [1.807, 2.05) is 6.07 Å². The first-order valence-electron chi connectivity index (χ1n) is 9.53. The number of nitrogens with zero attached hydrogens (tertiary/aromatic N) is 2. The molecule has 0 unspecified atom stereocenters. The number of amides is 1.